The second kappa shape index (κ2) is 7.10. The van der Waals surface area contributed by atoms with E-state index in [1.54, 1.807) is 0 Å². The van der Waals surface area contributed by atoms with Crippen molar-refractivity contribution in [3.05, 3.63) is 0 Å². The average Bonchev–Trinajstić information content (AvgIpc) is 2.03. The summed E-state index contributed by atoms with van der Waals surface area (Å²) in [5, 5.41) is 17.5. The fraction of sp³-hybridized carbons (Fsp3) is 0.889. The predicted molar refractivity (Wildman–Crippen MR) is 47.0 cm³/mol. The number of unbranched alkanes of at least 4 members (excludes halogenated alkanes) is 2. The van der Waals surface area contributed by atoms with Crippen molar-refractivity contribution in [3.8, 4) is 0 Å². The standard InChI is InChI=1S/C9H18O3/c1-2-8(10)6-4-3-5-7-9(11)12/h8,10H,2-7H2,1H3,(H,11,12). The molecule has 0 fully saturated rings. The highest BCUT2D eigenvalue weighted by molar-refractivity contribution is 5.66. The molecule has 0 aliphatic carbocycles. The van der Waals surface area contributed by atoms with Crippen molar-refractivity contribution in [1.29, 1.82) is 0 Å². The first-order chi connectivity index (χ1) is 5.66. The van der Waals surface area contributed by atoms with Crippen LogP contribution in [0.2, 0.25) is 0 Å². The third-order valence-electron chi connectivity index (χ3n) is 1.90. The third-order valence-corrected chi connectivity index (χ3v) is 1.90. The summed E-state index contributed by atoms with van der Waals surface area (Å²) in [5.74, 6) is -0.731. The molecule has 0 aliphatic heterocycles. The zero-order valence-electron chi connectivity index (χ0n) is 7.62. The Morgan fingerprint density at radius 3 is 2.50 bits per heavy atom. The number of carboxylic acid groups (broad SMARTS) is 1. The second-order valence-electron chi connectivity index (χ2n) is 3.06. The summed E-state index contributed by atoms with van der Waals surface area (Å²) < 4.78 is 0. The number of carbonyl (C=O) groups is 1. The molecule has 0 heterocycles. The smallest absolute Gasteiger partial charge is 0.303 e. The van der Waals surface area contributed by atoms with Gasteiger partial charge in [0.15, 0.2) is 0 Å². The lowest BCUT2D eigenvalue weighted by molar-refractivity contribution is -0.137. The molecule has 2 N–H and O–H groups in total. The van der Waals surface area contributed by atoms with Crippen molar-refractivity contribution in [2.24, 2.45) is 0 Å². The molecule has 0 aliphatic rings. The van der Waals surface area contributed by atoms with Crippen LogP contribution in [0.15, 0.2) is 0 Å². The lowest BCUT2D eigenvalue weighted by atomic mass is 10.1. The quantitative estimate of drug-likeness (QED) is 0.578. The predicted octanol–water partition coefficient (Wildman–Crippen LogP) is 1.79. The van der Waals surface area contributed by atoms with E-state index in [1.807, 2.05) is 6.92 Å². The van der Waals surface area contributed by atoms with Gasteiger partial charge >= 0.3 is 5.97 Å². The van der Waals surface area contributed by atoms with E-state index in [2.05, 4.69) is 0 Å². The molecule has 0 bridgehead atoms. The lowest BCUT2D eigenvalue weighted by Crippen LogP contribution is -2.03. The van der Waals surface area contributed by atoms with Crippen LogP contribution in [0.4, 0.5) is 0 Å². The fourth-order valence-corrected chi connectivity index (χ4v) is 1.04. The van der Waals surface area contributed by atoms with Gasteiger partial charge in [-0.1, -0.05) is 19.8 Å². The summed E-state index contributed by atoms with van der Waals surface area (Å²) >= 11 is 0. The van der Waals surface area contributed by atoms with Crippen LogP contribution in [0.3, 0.4) is 0 Å². The Kier molecular flexibility index (Phi) is 6.76. The van der Waals surface area contributed by atoms with Gasteiger partial charge in [0.25, 0.3) is 0 Å². The molecule has 0 aromatic carbocycles. The van der Waals surface area contributed by atoms with Crippen molar-refractivity contribution < 1.29 is 15.0 Å². The van der Waals surface area contributed by atoms with Crippen molar-refractivity contribution in [1.82, 2.24) is 0 Å². The lowest BCUT2D eigenvalue weighted by Gasteiger charge is -2.05. The summed E-state index contributed by atoms with van der Waals surface area (Å²) in [5.41, 5.74) is 0. The highest BCUT2D eigenvalue weighted by Crippen LogP contribution is 2.07. The van der Waals surface area contributed by atoms with Crippen molar-refractivity contribution >= 4 is 5.97 Å². The topological polar surface area (TPSA) is 57.5 Å². The Hall–Kier alpha value is -0.570. The number of aliphatic hydroxyl groups is 1. The van der Waals surface area contributed by atoms with Crippen LogP contribution >= 0.6 is 0 Å². The minimum absolute atomic E-state index is 0.199. The minimum Gasteiger partial charge on any atom is -0.481 e. The zero-order valence-corrected chi connectivity index (χ0v) is 7.62. The second-order valence-corrected chi connectivity index (χ2v) is 3.06. The number of hydrogen-bond donors (Lipinski definition) is 2. The van der Waals surface area contributed by atoms with Gasteiger partial charge in [0, 0.05) is 6.42 Å². The number of aliphatic hydroxyl groups excluding tert-OH is 1. The normalized spacial score (nSPS) is 12.8. The van der Waals surface area contributed by atoms with Gasteiger partial charge in [-0.3, -0.25) is 4.79 Å². The van der Waals surface area contributed by atoms with Gasteiger partial charge in [-0.2, -0.15) is 0 Å². The molecular weight excluding hydrogens is 156 g/mol. The largest absolute Gasteiger partial charge is 0.481 e. The molecule has 0 spiro atoms. The third kappa shape index (κ3) is 7.54. The van der Waals surface area contributed by atoms with Crippen LogP contribution in [-0.4, -0.2) is 22.3 Å². The Balaban J connectivity index is 3.05. The maximum absolute atomic E-state index is 10.1. The van der Waals surface area contributed by atoms with E-state index < -0.39 is 5.97 Å². The summed E-state index contributed by atoms with van der Waals surface area (Å²) in [6.07, 6.45) is 4.21. The number of carboxylic acids is 1. The van der Waals surface area contributed by atoms with Gasteiger partial charge in [-0.05, 0) is 19.3 Å². The van der Waals surface area contributed by atoms with E-state index in [4.69, 9.17) is 10.2 Å². The molecular formula is C9H18O3. The number of hydrogen-bond acceptors (Lipinski definition) is 2. The molecule has 1 atom stereocenters. The highest BCUT2D eigenvalue weighted by Gasteiger charge is 2.00. The van der Waals surface area contributed by atoms with Gasteiger partial charge in [-0.25, -0.2) is 0 Å². The first kappa shape index (κ1) is 11.4. The van der Waals surface area contributed by atoms with E-state index in [-0.39, 0.29) is 12.5 Å². The van der Waals surface area contributed by atoms with Gasteiger partial charge in [-0.15, -0.1) is 0 Å². The Bertz CT molecular complexity index is 123. The molecule has 1 unspecified atom stereocenters. The molecule has 0 aromatic rings. The monoisotopic (exact) mass is 174 g/mol. The molecule has 0 radical (unpaired) electrons. The highest BCUT2D eigenvalue weighted by atomic mass is 16.4. The Morgan fingerprint density at radius 2 is 2.00 bits per heavy atom. The number of rotatable bonds is 7. The molecule has 0 rings (SSSR count). The maximum Gasteiger partial charge on any atom is 0.303 e. The molecule has 0 saturated carbocycles. The maximum atomic E-state index is 10.1. The van der Waals surface area contributed by atoms with Crippen molar-refractivity contribution in [2.75, 3.05) is 0 Å². The van der Waals surface area contributed by atoms with E-state index >= 15 is 0 Å². The summed E-state index contributed by atoms with van der Waals surface area (Å²) in [4.78, 5) is 10.1. The van der Waals surface area contributed by atoms with Crippen LogP contribution in [0.25, 0.3) is 0 Å². The Morgan fingerprint density at radius 1 is 1.33 bits per heavy atom. The van der Waals surface area contributed by atoms with Gasteiger partial charge in [0.1, 0.15) is 0 Å². The minimum atomic E-state index is -0.731. The molecule has 12 heavy (non-hydrogen) atoms. The molecule has 72 valence electrons. The van der Waals surface area contributed by atoms with Crippen LogP contribution in [0.5, 0.6) is 0 Å². The average molecular weight is 174 g/mol. The van der Waals surface area contributed by atoms with E-state index in [9.17, 15) is 4.79 Å². The van der Waals surface area contributed by atoms with Crippen LogP contribution in [0, 0.1) is 0 Å². The van der Waals surface area contributed by atoms with Gasteiger partial charge in [0.05, 0.1) is 6.10 Å². The van der Waals surface area contributed by atoms with Crippen LogP contribution in [0.1, 0.15) is 45.4 Å². The van der Waals surface area contributed by atoms with Crippen LogP contribution in [-0.2, 0) is 4.79 Å². The summed E-state index contributed by atoms with van der Waals surface area (Å²) in [6.45, 7) is 1.95. The first-order valence-corrected chi connectivity index (χ1v) is 4.56. The van der Waals surface area contributed by atoms with Crippen molar-refractivity contribution in [2.45, 2.75) is 51.6 Å². The van der Waals surface area contributed by atoms with E-state index in [0.717, 1.165) is 32.1 Å². The first-order valence-electron chi connectivity index (χ1n) is 4.56. The van der Waals surface area contributed by atoms with Gasteiger partial charge in [0.2, 0.25) is 0 Å². The van der Waals surface area contributed by atoms with Crippen LogP contribution < -0.4 is 0 Å². The Labute approximate surface area is 73.4 Å². The summed E-state index contributed by atoms with van der Waals surface area (Å²) in [7, 11) is 0. The molecule has 0 amide bonds. The van der Waals surface area contributed by atoms with Gasteiger partial charge < -0.3 is 10.2 Å². The molecule has 0 aromatic heterocycles. The van der Waals surface area contributed by atoms with Crippen molar-refractivity contribution in [3.63, 3.8) is 0 Å². The SMILES string of the molecule is CCC(O)CCCCCC(=O)O. The number of aliphatic carboxylic acids is 1. The van der Waals surface area contributed by atoms with E-state index in [0.29, 0.717) is 0 Å². The molecule has 3 heteroatoms. The van der Waals surface area contributed by atoms with E-state index in [1.165, 1.54) is 0 Å². The zero-order chi connectivity index (χ0) is 9.40. The molecule has 0 saturated heterocycles. The molecule has 3 nitrogen and oxygen atoms in total. The fourth-order valence-electron chi connectivity index (χ4n) is 1.04. The summed E-state index contributed by atoms with van der Waals surface area (Å²) in [6, 6.07) is 0.